The van der Waals surface area contributed by atoms with Crippen molar-refractivity contribution < 1.29 is 19.4 Å². The molecule has 4 aromatic rings. The average Bonchev–Trinajstić information content (AvgIpc) is 3.53. The lowest BCUT2D eigenvalue weighted by atomic mass is 9.91. The summed E-state index contributed by atoms with van der Waals surface area (Å²) >= 11 is 0. The third-order valence-electron chi connectivity index (χ3n) is 7.64. The summed E-state index contributed by atoms with van der Waals surface area (Å²) in [5.41, 5.74) is 5.08. The zero-order valence-electron chi connectivity index (χ0n) is 19.3. The Hall–Kier alpha value is -3.97. The third kappa shape index (κ3) is 2.61. The van der Waals surface area contributed by atoms with Crippen molar-refractivity contribution in [2.45, 2.75) is 38.8 Å². The number of benzene rings is 2. The summed E-state index contributed by atoms with van der Waals surface area (Å²) in [5, 5.41) is 12.0. The van der Waals surface area contributed by atoms with E-state index < -0.39 is 5.60 Å². The van der Waals surface area contributed by atoms with Gasteiger partial charge in [0.1, 0.15) is 5.60 Å². The highest BCUT2D eigenvalue weighted by atomic mass is 16.7. The largest absolute Gasteiger partial charge is 0.454 e. The molecule has 1 unspecified atom stereocenters. The molecule has 0 amide bonds. The summed E-state index contributed by atoms with van der Waals surface area (Å²) in [6.45, 7) is 4.31. The molecular formula is C28H22N2O5. The van der Waals surface area contributed by atoms with Gasteiger partial charge >= 0.3 is 0 Å². The van der Waals surface area contributed by atoms with Gasteiger partial charge in [0.2, 0.25) is 6.79 Å². The highest BCUT2D eigenvalue weighted by Gasteiger charge is 2.46. The molecule has 2 aliphatic heterocycles. The van der Waals surface area contributed by atoms with E-state index in [1.807, 2.05) is 19.1 Å². The number of carbonyl (C=O) groups excluding carboxylic acids is 1. The molecule has 1 aliphatic carbocycles. The first-order valence-electron chi connectivity index (χ1n) is 11.8. The first kappa shape index (κ1) is 20.4. The number of hydrogen-bond donors (Lipinski definition) is 1. The lowest BCUT2D eigenvalue weighted by molar-refractivity contribution is -0.136. The summed E-state index contributed by atoms with van der Waals surface area (Å²) in [6.07, 6.45) is 0.175. The maximum Gasteiger partial charge on any atom is 0.255 e. The van der Waals surface area contributed by atoms with Crippen LogP contribution < -0.4 is 15.0 Å². The van der Waals surface area contributed by atoms with Gasteiger partial charge in [-0.05, 0) is 36.6 Å². The van der Waals surface area contributed by atoms with Crippen molar-refractivity contribution in [2.75, 3.05) is 6.79 Å². The van der Waals surface area contributed by atoms with E-state index in [9.17, 15) is 14.7 Å². The number of hydrogen-bond acceptors (Lipinski definition) is 6. The maximum atomic E-state index is 13.6. The summed E-state index contributed by atoms with van der Waals surface area (Å²) in [5.74, 6) is 0.983. The molecule has 0 fully saturated rings. The molecule has 0 radical (unpaired) electrons. The molecule has 0 saturated heterocycles. The molecule has 7 rings (SSSR count). The zero-order chi connectivity index (χ0) is 24.1. The van der Waals surface area contributed by atoms with Crippen molar-refractivity contribution in [3.8, 4) is 34.0 Å². The number of rotatable bonds is 2. The van der Waals surface area contributed by atoms with Crippen molar-refractivity contribution in [2.24, 2.45) is 0 Å². The maximum absolute atomic E-state index is 13.6. The van der Waals surface area contributed by atoms with Gasteiger partial charge in [0.25, 0.3) is 5.56 Å². The summed E-state index contributed by atoms with van der Waals surface area (Å²) in [4.78, 5) is 31.1. The van der Waals surface area contributed by atoms with E-state index in [2.05, 4.69) is 24.3 Å². The Kier molecular flexibility index (Phi) is 3.96. The monoisotopic (exact) mass is 466 g/mol. The van der Waals surface area contributed by atoms with E-state index in [1.165, 1.54) is 0 Å². The van der Waals surface area contributed by atoms with Gasteiger partial charge in [-0.25, -0.2) is 4.98 Å². The molecule has 7 nitrogen and oxygen atoms in total. The second kappa shape index (κ2) is 6.79. The van der Waals surface area contributed by atoms with Gasteiger partial charge < -0.3 is 19.1 Å². The van der Waals surface area contributed by atoms with Gasteiger partial charge in [0, 0.05) is 34.6 Å². The topological polar surface area (TPSA) is 90.7 Å². The molecule has 0 bridgehead atoms. The summed E-state index contributed by atoms with van der Waals surface area (Å²) < 4.78 is 12.9. The standard InChI is InChI=1S/C28H22N2O5/c1-3-28(33)19-10-21-26-18(12-30(21)27(32)16(19)9-24(28)31)25(15-6-4-14(2)5-7-15)17-8-22-23(35-13-34-22)11-20(17)29-26/h4-8,10-11,33H,3,9,12-13H2,1-2H3. The van der Waals surface area contributed by atoms with Crippen LogP contribution in [0.1, 0.15) is 35.6 Å². The van der Waals surface area contributed by atoms with Crippen LogP contribution in [0.5, 0.6) is 11.5 Å². The Bertz CT molecular complexity index is 1670. The number of Topliss-reactive ketones (excluding diaryl/α,β-unsaturated/α-hetero) is 1. The van der Waals surface area contributed by atoms with E-state index in [4.69, 9.17) is 14.5 Å². The minimum Gasteiger partial charge on any atom is -0.454 e. The number of aromatic nitrogens is 2. The Labute approximate surface area is 200 Å². The normalized spacial score (nSPS) is 19.2. The fourth-order valence-corrected chi connectivity index (χ4v) is 5.69. The molecular weight excluding hydrogens is 444 g/mol. The number of nitrogens with zero attached hydrogens (tertiary/aromatic N) is 2. The smallest absolute Gasteiger partial charge is 0.255 e. The number of fused-ring (bicyclic) bond motifs is 6. The number of carbonyl (C=O) groups is 1. The molecule has 7 heteroatoms. The average molecular weight is 466 g/mol. The van der Waals surface area contributed by atoms with Gasteiger partial charge in [0.05, 0.1) is 23.4 Å². The third-order valence-corrected chi connectivity index (χ3v) is 7.64. The lowest BCUT2D eigenvalue weighted by Gasteiger charge is -2.20. The molecule has 4 heterocycles. The Morgan fingerprint density at radius 2 is 1.80 bits per heavy atom. The van der Waals surface area contributed by atoms with Crippen LogP contribution in [0.2, 0.25) is 0 Å². The highest BCUT2D eigenvalue weighted by Crippen LogP contribution is 2.46. The second-order valence-corrected chi connectivity index (χ2v) is 9.53. The van der Waals surface area contributed by atoms with Crippen molar-refractivity contribution in [3.63, 3.8) is 0 Å². The Morgan fingerprint density at radius 3 is 2.54 bits per heavy atom. The van der Waals surface area contributed by atoms with Gasteiger partial charge in [-0.1, -0.05) is 36.8 Å². The van der Waals surface area contributed by atoms with Crippen molar-refractivity contribution in [3.05, 3.63) is 75.1 Å². The number of pyridine rings is 2. The molecule has 0 saturated carbocycles. The van der Waals surface area contributed by atoms with Crippen LogP contribution >= 0.6 is 0 Å². The van der Waals surface area contributed by atoms with Gasteiger partial charge in [-0.15, -0.1) is 0 Å². The fourth-order valence-electron chi connectivity index (χ4n) is 5.69. The summed E-state index contributed by atoms with van der Waals surface area (Å²) in [6, 6.07) is 13.9. The van der Waals surface area contributed by atoms with E-state index in [1.54, 1.807) is 17.6 Å². The van der Waals surface area contributed by atoms with E-state index in [0.717, 1.165) is 33.2 Å². The first-order valence-corrected chi connectivity index (χ1v) is 11.8. The quantitative estimate of drug-likeness (QED) is 0.425. The van der Waals surface area contributed by atoms with Gasteiger partial charge in [-0.3, -0.25) is 9.59 Å². The highest BCUT2D eigenvalue weighted by molar-refractivity contribution is 6.02. The predicted molar refractivity (Wildman–Crippen MR) is 130 cm³/mol. The first-order chi connectivity index (χ1) is 16.9. The predicted octanol–water partition coefficient (Wildman–Crippen LogP) is 3.85. The minimum atomic E-state index is -1.63. The molecule has 1 N–H and O–H groups in total. The zero-order valence-corrected chi connectivity index (χ0v) is 19.3. The molecule has 0 spiro atoms. The lowest BCUT2D eigenvalue weighted by Crippen LogP contribution is -2.31. The Morgan fingerprint density at radius 1 is 1.06 bits per heavy atom. The number of aryl methyl sites for hydroxylation is 1. The number of aliphatic hydroxyl groups is 1. The molecule has 2 aromatic carbocycles. The second-order valence-electron chi connectivity index (χ2n) is 9.53. The van der Waals surface area contributed by atoms with Crippen LogP contribution in [-0.4, -0.2) is 27.2 Å². The van der Waals surface area contributed by atoms with Crippen LogP contribution in [0.3, 0.4) is 0 Å². The van der Waals surface area contributed by atoms with E-state index >= 15 is 0 Å². The van der Waals surface area contributed by atoms with Crippen LogP contribution in [0.25, 0.3) is 33.4 Å². The van der Waals surface area contributed by atoms with Gasteiger partial charge in [0.15, 0.2) is 17.3 Å². The molecule has 2 aromatic heterocycles. The van der Waals surface area contributed by atoms with E-state index in [-0.39, 0.29) is 31.0 Å². The van der Waals surface area contributed by atoms with Crippen molar-refractivity contribution >= 4 is 16.7 Å². The summed E-state index contributed by atoms with van der Waals surface area (Å²) in [7, 11) is 0. The van der Waals surface area contributed by atoms with Crippen molar-refractivity contribution in [1.29, 1.82) is 0 Å². The van der Waals surface area contributed by atoms with Crippen LogP contribution in [0.4, 0.5) is 0 Å². The van der Waals surface area contributed by atoms with Crippen molar-refractivity contribution in [1.82, 2.24) is 9.55 Å². The molecule has 35 heavy (non-hydrogen) atoms. The SMILES string of the molecule is CCC1(O)C(=O)Cc2c1cc1n(c2=O)Cc2c-1nc1cc3c(cc1c2-c1ccc(C)cc1)OCO3. The molecule has 174 valence electrons. The number of ketones is 1. The van der Waals surface area contributed by atoms with Crippen LogP contribution in [0.15, 0.2) is 47.3 Å². The van der Waals surface area contributed by atoms with Crippen LogP contribution in [0, 0.1) is 6.92 Å². The van der Waals surface area contributed by atoms with E-state index in [0.29, 0.717) is 40.6 Å². The minimum absolute atomic E-state index is 0.0449. The number of ether oxygens (including phenoxy) is 2. The fraction of sp³-hybridized carbons (Fsp3) is 0.250. The van der Waals surface area contributed by atoms with Crippen LogP contribution in [-0.2, 0) is 23.4 Å². The molecule has 3 aliphatic rings. The molecule has 1 atom stereocenters. The Balaban J connectivity index is 1.56. The van der Waals surface area contributed by atoms with Gasteiger partial charge in [-0.2, -0.15) is 0 Å².